The summed E-state index contributed by atoms with van der Waals surface area (Å²) in [5.74, 6) is -0.928. The summed E-state index contributed by atoms with van der Waals surface area (Å²) < 4.78 is 0. The maximum absolute atomic E-state index is 11.3. The van der Waals surface area contributed by atoms with E-state index in [-0.39, 0.29) is 19.0 Å². The Labute approximate surface area is 112 Å². The maximum Gasteiger partial charge on any atom is 0.314 e. The number of carbonyl (C=O) groups excluding carboxylic acids is 1. The molecular formula is C14H18N2O3. The van der Waals surface area contributed by atoms with Gasteiger partial charge in [-0.15, -0.1) is 0 Å². The number of rotatable bonds is 7. The average Bonchev–Trinajstić information content (AvgIpc) is 2.39. The molecule has 0 aliphatic rings. The average molecular weight is 262 g/mol. The Bertz CT molecular complexity index is 441. The summed E-state index contributed by atoms with van der Waals surface area (Å²) in [6, 6.07) is 7.57. The van der Waals surface area contributed by atoms with Crippen LogP contribution in [-0.2, 0) is 11.2 Å². The van der Waals surface area contributed by atoms with Crippen LogP contribution in [0.3, 0.4) is 0 Å². The van der Waals surface area contributed by atoms with Gasteiger partial charge in [0.05, 0.1) is 6.42 Å². The minimum absolute atomic E-state index is 0.0730. The molecule has 3 N–H and O–H groups in total. The van der Waals surface area contributed by atoms with Crippen LogP contribution in [0.4, 0.5) is 4.79 Å². The number of carboxylic acids is 1. The Hall–Kier alpha value is -2.30. The van der Waals surface area contributed by atoms with Gasteiger partial charge in [0.25, 0.3) is 0 Å². The SMILES string of the molecule is C=Cc1ccc(CCNC(=O)NCCC(=O)O)cc1. The summed E-state index contributed by atoms with van der Waals surface area (Å²) in [6.07, 6.45) is 2.43. The zero-order valence-electron chi connectivity index (χ0n) is 10.7. The van der Waals surface area contributed by atoms with Crippen LogP contribution >= 0.6 is 0 Å². The molecule has 0 saturated carbocycles. The lowest BCUT2D eigenvalue weighted by Crippen LogP contribution is -2.37. The van der Waals surface area contributed by atoms with E-state index in [4.69, 9.17) is 5.11 Å². The maximum atomic E-state index is 11.3. The fourth-order valence-electron chi connectivity index (χ4n) is 1.49. The first-order chi connectivity index (χ1) is 9.11. The first-order valence-electron chi connectivity index (χ1n) is 6.06. The first-order valence-corrected chi connectivity index (χ1v) is 6.06. The summed E-state index contributed by atoms with van der Waals surface area (Å²) in [7, 11) is 0. The van der Waals surface area contributed by atoms with E-state index in [0.29, 0.717) is 6.54 Å². The second-order valence-corrected chi connectivity index (χ2v) is 4.02. The predicted octanol–water partition coefficient (Wildman–Crippen LogP) is 1.65. The van der Waals surface area contributed by atoms with Crippen molar-refractivity contribution in [2.45, 2.75) is 12.8 Å². The number of amides is 2. The van der Waals surface area contributed by atoms with Crippen molar-refractivity contribution in [2.75, 3.05) is 13.1 Å². The van der Waals surface area contributed by atoms with Crippen molar-refractivity contribution < 1.29 is 14.7 Å². The Balaban J connectivity index is 2.20. The molecule has 0 bridgehead atoms. The van der Waals surface area contributed by atoms with Crippen molar-refractivity contribution in [1.29, 1.82) is 0 Å². The van der Waals surface area contributed by atoms with Crippen molar-refractivity contribution in [3.05, 3.63) is 42.0 Å². The molecule has 2 amide bonds. The van der Waals surface area contributed by atoms with Gasteiger partial charge in [-0.2, -0.15) is 0 Å². The number of carboxylic acid groups (broad SMARTS) is 1. The zero-order valence-corrected chi connectivity index (χ0v) is 10.7. The molecule has 1 aromatic rings. The molecule has 0 heterocycles. The van der Waals surface area contributed by atoms with Gasteiger partial charge >= 0.3 is 12.0 Å². The van der Waals surface area contributed by atoms with Gasteiger partial charge in [0.2, 0.25) is 0 Å². The molecule has 0 radical (unpaired) electrons. The van der Waals surface area contributed by atoms with E-state index in [1.165, 1.54) is 0 Å². The normalized spacial score (nSPS) is 9.68. The van der Waals surface area contributed by atoms with Gasteiger partial charge in [-0.1, -0.05) is 36.9 Å². The molecule has 1 aromatic carbocycles. The van der Waals surface area contributed by atoms with Crippen molar-refractivity contribution in [2.24, 2.45) is 0 Å². The number of carbonyl (C=O) groups is 2. The van der Waals surface area contributed by atoms with Crippen LogP contribution < -0.4 is 10.6 Å². The Morgan fingerprint density at radius 2 is 1.79 bits per heavy atom. The summed E-state index contributed by atoms with van der Waals surface area (Å²) in [5.41, 5.74) is 2.18. The van der Waals surface area contributed by atoms with E-state index >= 15 is 0 Å². The van der Waals surface area contributed by atoms with Gasteiger partial charge in [0.1, 0.15) is 0 Å². The summed E-state index contributed by atoms with van der Waals surface area (Å²) in [4.78, 5) is 21.5. The third-order valence-corrected chi connectivity index (χ3v) is 2.54. The summed E-state index contributed by atoms with van der Waals surface area (Å²) >= 11 is 0. The molecule has 102 valence electrons. The highest BCUT2D eigenvalue weighted by Gasteiger charge is 2.01. The highest BCUT2D eigenvalue weighted by atomic mass is 16.4. The van der Waals surface area contributed by atoms with Gasteiger partial charge in [-0.3, -0.25) is 4.79 Å². The Morgan fingerprint density at radius 3 is 2.37 bits per heavy atom. The summed E-state index contributed by atoms with van der Waals surface area (Å²) in [5, 5.41) is 13.6. The lowest BCUT2D eigenvalue weighted by molar-refractivity contribution is -0.136. The van der Waals surface area contributed by atoms with Crippen LogP contribution in [-0.4, -0.2) is 30.2 Å². The lowest BCUT2D eigenvalue weighted by atomic mass is 10.1. The van der Waals surface area contributed by atoms with E-state index in [9.17, 15) is 9.59 Å². The standard InChI is InChI=1S/C14H18N2O3/c1-2-11-3-5-12(6-4-11)7-9-15-14(19)16-10-8-13(17)18/h2-6H,1,7-10H2,(H,17,18)(H2,15,16,19). The van der Waals surface area contributed by atoms with Crippen LogP contribution in [0.15, 0.2) is 30.8 Å². The van der Waals surface area contributed by atoms with E-state index in [2.05, 4.69) is 17.2 Å². The second kappa shape index (κ2) is 7.92. The molecular weight excluding hydrogens is 244 g/mol. The lowest BCUT2D eigenvalue weighted by Gasteiger charge is -2.06. The van der Waals surface area contributed by atoms with E-state index < -0.39 is 5.97 Å². The second-order valence-electron chi connectivity index (χ2n) is 4.02. The van der Waals surface area contributed by atoms with Crippen LogP contribution in [0.1, 0.15) is 17.5 Å². The molecule has 0 saturated heterocycles. The fourth-order valence-corrected chi connectivity index (χ4v) is 1.49. The topological polar surface area (TPSA) is 78.4 Å². The highest BCUT2D eigenvalue weighted by molar-refractivity contribution is 5.74. The zero-order chi connectivity index (χ0) is 14.1. The molecule has 0 unspecified atom stereocenters. The molecule has 0 aliphatic heterocycles. The van der Waals surface area contributed by atoms with Crippen LogP contribution in [0, 0.1) is 0 Å². The molecule has 1 rings (SSSR count). The third-order valence-electron chi connectivity index (χ3n) is 2.54. The number of hydrogen-bond donors (Lipinski definition) is 3. The molecule has 0 aliphatic carbocycles. The Morgan fingerprint density at radius 1 is 1.16 bits per heavy atom. The van der Waals surface area contributed by atoms with E-state index in [1.807, 2.05) is 24.3 Å². The number of urea groups is 1. The number of benzene rings is 1. The van der Waals surface area contributed by atoms with E-state index in [1.54, 1.807) is 6.08 Å². The van der Waals surface area contributed by atoms with Crippen LogP contribution in [0.25, 0.3) is 6.08 Å². The third kappa shape index (κ3) is 6.26. The van der Waals surface area contributed by atoms with Gasteiger partial charge in [-0.05, 0) is 17.5 Å². The predicted molar refractivity (Wildman–Crippen MR) is 73.9 cm³/mol. The van der Waals surface area contributed by atoms with Crippen molar-refractivity contribution in [3.63, 3.8) is 0 Å². The van der Waals surface area contributed by atoms with Crippen molar-refractivity contribution in [3.8, 4) is 0 Å². The molecule has 0 spiro atoms. The molecule has 19 heavy (non-hydrogen) atoms. The number of aliphatic carboxylic acids is 1. The van der Waals surface area contributed by atoms with Crippen LogP contribution in [0.5, 0.6) is 0 Å². The van der Waals surface area contributed by atoms with Gasteiger partial charge in [0.15, 0.2) is 0 Å². The molecule has 5 heteroatoms. The van der Waals surface area contributed by atoms with Gasteiger partial charge in [-0.25, -0.2) is 4.79 Å². The molecule has 0 atom stereocenters. The monoisotopic (exact) mass is 262 g/mol. The van der Waals surface area contributed by atoms with E-state index in [0.717, 1.165) is 17.5 Å². The summed E-state index contributed by atoms with van der Waals surface area (Å²) in [6.45, 7) is 4.32. The van der Waals surface area contributed by atoms with Crippen molar-refractivity contribution in [1.82, 2.24) is 10.6 Å². The Kier molecular flexibility index (Phi) is 6.15. The van der Waals surface area contributed by atoms with Crippen molar-refractivity contribution >= 4 is 18.1 Å². The highest BCUT2D eigenvalue weighted by Crippen LogP contribution is 2.05. The quantitative estimate of drug-likeness (QED) is 0.699. The minimum atomic E-state index is -0.928. The van der Waals surface area contributed by atoms with Gasteiger partial charge in [0, 0.05) is 13.1 Å². The largest absolute Gasteiger partial charge is 0.481 e. The molecule has 5 nitrogen and oxygen atoms in total. The smallest absolute Gasteiger partial charge is 0.314 e. The van der Waals surface area contributed by atoms with Gasteiger partial charge < -0.3 is 15.7 Å². The minimum Gasteiger partial charge on any atom is -0.481 e. The fraction of sp³-hybridized carbons (Fsp3) is 0.286. The molecule has 0 fully saturated rings. The number of nitrogens with one attached hydrogen (secondary N) is 2. The number of hydrogen-bond acceptors (Lipinski definition) is 2. The first kappa shape index (κ1) is 14.8. The molecule has 0 aromatic heterocycles. The van der Waals surface area contributed by atoms with Crippen LogP contribution in [0.2, 0.25) is 0 Å².